The van der Waals surface area contributed by atoms with Crippen LogP contribution in [-0.2, 0) is 14.4 Å². The van der Waals surface area contributed by atoms with Crippen LogP contribution in [-0.4, -0.2) is 39.9 Å². The fraction of sp³-hybridized carbons (Fsp3) is 0.469. The largest absolute Gasteiger partial charge is 0.480 e. The Morgan fingerprint density at radius 2 is 1.63 bits per heavy atom. The summed E-state index contributed by atoms with van der Waals surface area (Å²) in [4.78, 5) is 41.7. The Labute approximate surface area is 225 Å². The van der Waals surface area contributed by atoms with Crippen LogP contribution in [0.25, 0.3) is 12.2 Å². The van der Waals surface area contributed by atoms with E-state index in [4.69, 9.17) is 0 Å². The number of carbonyl (C=O) groups excluding carboxylic acids is 2. The van der Waals surface area contributed by atoms with Crippen LogP contribution >= 0.6 is 0 Å². The molecular weight excluding hydrogens is 476 g/mol. The molecule has 5 rings (SSSR count). The van der Waals surface area contributed by atoms with Gasteiger partial charge >= 0.3 is 5.97 Å². The molecule has 1 aliphatic carbocycles. The van der Waals surface area contributed by atoms with Crippen LogP contribution in [0.4, 0.5) is 0 Å². The highest BCUT2D eigenvalue weighted by molar-refractivity contribution is 6.09. The van der Waals surface area contributed by atoms with Gasteiger partial charge in [0.2, 0.25) is 11.8 Å². The van der Waals surface area contributed by atoms with Gasteiger partial charge in [0.1, 0.15) is 5.54 Å². The number of amides is 2. The van der Waals surface area contributed by atoms with Gasteiger partial charge in [-0.3, -0.25) is 24.6 Å². The summed E-state index contributed by atoms with van der Waals surface area (Å²) in [7, 11) is 0. The molecule has 2 aliphatic heterocycles. The van der Waals surface area contributed by atoms with Crippen LogP contribution in [0.3, 0.4) is 0 Å². The normalized spacial score (nSPS) is 27.8. The number of nitrogens with zero attached hydrogens (tertiary/aromatic N) is 1. The lowest BCUT2D eigenvalue weighted by Crippen LogP contribution is -2.56. The SMILES string of the molecule is CCCCN1C(=O)C2C(c3ccc(C=Cc4ccccc4)cc3)NC(CC3CCCCC3)(C(=O)O)C2C1=O. The molecule has 2 heterocycles. The average molecular weight is 515 g/mol. The Morgan fingerprint density at radius 3 is 2.26 bits per heavy atom. The summed E-state index contributed by atoms with van der Waals surface area (Å²) in [5, 5.41) is 14.0. The number of imide groups is 1. The van der Waals surface area contributed by atoms with Gasteiger partial charge in [0.25, 0.3) is 0 Å². The van der Waals surface area contributed by atoms with Gasteiger partial charge in [-0.1, -0.05) is 112 Å². The Morgan fingerprint density at radius 1 is 0.974 bits per heavy atom. The van der Waals surface area contributed by atoms with Gasteiger partial charge in [0.15, 0.2) is 0 Å². The van der Waals surface area contributed by atoms with Crippen molar-refractivity contribution in [2.24, 2.45) is 17.8 Å². The molecular formula is C32H38N2O4. The number of carboxylic acid groups (broad SMARTS) is 1. The summed E-state index contributed by atoms with van der Waals surface area (Å²) >= 11 is 0. The van der Waals surface area contributed by atoms with Crippen molar-refractivity contribution in [3.8, 4) is 0 Å². The van der Waals surface area contributed by atoms with Crippen molar-refractivity contribution in [1.82, 2.24) is 10.2 Å². The van der Waals surface area contributed by atoms with Crippen LogP contribution < -0.4 is 5.32 Å². The van der Waals surface area contributed by atoms with Gasteiger partial charge in [0, 0.05) is 12.6 Å². The van der Waals surface area contributed by atoms with Crippen molar-refractivity contribution in [1.29, 1.82) is 0 Å². The molecule has 1 saturated carbocycles. The molecule has 0 aromatic heterocycles. The van der Waals surface area contributed by atoms with Crippen molar-refractivity contribution in [3.05, 3.63) is 71.3 Å². The lowest BCUT2D eigenvalue weighted by Gasteiger charge is -2.35. The number of hydrogen-bond donors (Lipinski definition) is 2. The number of carboxylic acids is 1. The van der Waals surface area contributed by atoms with Crippen LogP contribution in [0.15, 0.2) is 54.6 Å². The zero-order valence-electron chi connectivity index (χ0n) is 22.1. The molecule has 2 aromatic carbocycles. The molecule has 3 aliphatic rings. The topological polar surface area (TPSA) is 86.7 Å². The number of fused-ring (bicyclic) bond motifs is 1. The van der Waals surface area contributed by atoms with Crippen LogP contribution in [0, 0.1) is 17.8 Å². The first-order valence-electron chi connectivity index (χ1n) is 14.1. The Bertz CT molecular complexity index is 1190. The van der Waals surface area contributed by atoms with E-state index in [1.807, 2.05) is 73.7 Å². The zero-order valence-corrected chi connectivity index (χ0v) is 22.1. The lowest BCUT2D eigenvalue weighted by molar-refractivity contribution is -0.152. The van der Waals surface area contributed by atoms with E-state index in [1.54, 1.807) is 0 Å². The smallest absolute Gasteiger partial charge is 0.324 e. The lowest BCUT2D eigenvalue weighted by atomic mass is 9.72. The highest BCUT2D eigenvalue weighted by Crippen LogP contribution is 2.52. The van der Waals surface area contributed by atoms with Gasteiger partial charge in [-0.15, -0.1) is 0 Å². The third-order valence-electron chi connectivity index (χ3n) is 8.76. The van der Waals surface area contributed by atoms with Gasteiger partial charge < -0.3 is 5.11 Å². The molecule has 2 saturated heterocycles. The van der Waals surface area contributed by atoms with Crippen molar-refractivity contribution < 1.29 is 19.5 Å². The quantitative estimate of drug-likeness (QED) is 0.331. The first-order valence-corrected chi connectivity index (χ1v) is 14.1. The first kappa shape index (κ1) is 26.4. The summed E-state index contributed by atoms with van der Waals surface area (Å²) in [6.07, 6.45) is 11.3. The minimum absolute atomic E-state index is 0.231. The minimum Gasteiger partial charge on any atom is -0.480 e. The molecule has 0 bridgehead atoms. The molecule has 6 nitrogen and oxygen atoms in total. The van der Waals surface area contributed by atoms with Crippen molar-refractivity contribution in [2.75, 3.05) is 6.54 Å². The summed E-state index contributed by atoms with van der Waals surface area (Å²) in [6, 6.07) is 17.4. The van der Waals surface area contributed by atoms with E-state index in [2.05, 4.69) is 5.32 Å². The monoisotopic (exact) mass is 514 g/mol. The number of nitrogens with one attached hydrogen (secondary N) is 1. The molecule has 2 N–H and O–H groups in total. The fourth-order valence-corrected chi connectivity index (χ4v) is 6.77. The molecule has 2 aromatic rings. The number of benzene rings is 2. The van der Waals surface area contributed by atoms with E-state index in [9.17, 15) is 19.5 Å². The number of carbonyl (C=O) groups is 3. The second-order valence-corrected chi connectivity index (χ2v) is 11.2. The third kappa shape index (κ3) is 4.94. The maximum atomic E-state index is 13.7. The van der Waals surface area contributed by atoms with Gasteiger partial charge in [0.05, 0.1) is 11.8 Å². The molecule has 4 unspecified atom stereocenters. The van der Waals surface area contributed by atoms with E-state index in [-0.39, 0.29) is 17.7 Å². The highest BCUT2D eigenvalue weighted by Gasteiger charge is 2.68. The van der Waals surface area contributed by atoms with Crippen LogP contribution in [0.1, 0.15) is 81.0 Å². The minimum atomic E-state index is -1.43. The summed E-state index contributed by atoms with van der Waals surface area (Å²) in [5.41, 5.74) is 1.53. The molecule has 6 heteroatoms. The standard InChI is InChI=1S/C32H38N2O4/c1-2-3-20-34-29(35)26-27(30(34)36)32(31(37)38,21-24-12-8-5-9-13-24)33-28(26)25-18-16-23(17-19-25)15-14-22-10-6-4-7-11-22/h4,6-7,10-11,14-19,24,26-28,33H,2-3,5,8-9,12-13,20-21H2,1H3,(H,37,38). The summed E-state index contributed by atoms with van der Waals surface area (Å²) < 4.78 is 0. The zero-order chi connectivity index (χ0) is 26.7. The Balaban J connectivity index is 1.47. The highest BCUT2D eigenvalue weighted by atomic mass is 16.4. The maximum Gasteiger partial charge on any atom is 0.324 e. The fourth-order valence-electron chi connectivity index (χ4n) is 6.77. The number of hydrogen-bond acceptors (Lipinski definition) is 4. The number of aliphatic carboxylic acids is 1. The molecule has 200 valence electrons. The van der Waals surface area contributed by atoms with E-state index in [0.717, 1.165) is 55.2 Å². The van der Waals surface area contributed by atoms with Gasteiger partial charge in [-0.2, -0.15) is 0 Å². The predicted octanol–water partition coefficient (Wildman–Crippen LogP) is 5.70. The Hall–Kier alpha value is -3.25. The van der Waals surface area contributed by atoms with E-state index in [1.165, 1.54) is 11.3 Å². The first-order chi connectivity index (χ1) is 18.4. The van der Waals surface area contributed by atoms with E-state index >= 15 is 0 Å². The maximum absolute atomic E-state index is 13.7. The average Bonchev–Trinajstić information content (AvgIpc) is 3.41. The van der Waals surface area contributed by atoms with E-state index in [0.29, 0.717) is 13.0 Å². The second kappa shape index (κ2) is 11.2. The Kier molecular flexibility index (Phi) is 7.80. The summed E-state index contributed by atoms with van der Waals surface area (Å²) in [5.74, 6) is -2.90. The molecule has 3 fully saturated rings. The van der Waals surface area contributed by atoms with Crippen molar-refractivity contribution in [3.63, 3.8) is 0 Å². The number of unbranched alkanes of at least 4 members (excludes halogenated alkanes) is 1. The third-order valence-corrected chi connectivity index (χ3v) is 8.76. The van der Waals surface area contributed by atoms with Crippen molar-refractivity contribution >= 4 is 29.9 Å². The van der Waals surface area contributed by atoms with Crippen LogP contribution in [0.5, 0.6) is 0 Å². The number of likely N-dealkylation sites (tertiary alicyclic amines) is 1. The summed E-state index contributed by atoms with van der Waals surface area (Å²) in [6.45, 7) is 2.38. The predicted molar refractivity (Wildman–Crippen MR) is 148 cm³/mol. The van der Waals surface area contributed by atoms with Gasteiger partial charge in [-0.25, -0.2) is 0 Å². The molecule has 38 heavy (non-hydrogen) atoms. The molecule has 0 radical (unpaired) electrons. The molecule has 2 amide bonds. The van der Waals surface area contributed by atoms with Gasteiger partial charge in [-0.05, 0) is 35.4 Å². The number of rotatable bonds is 9. The van der Waals surface area contributed by atoms with Crippen molar-refractivity contribution in [2.45, 2.75) is 69.9 Å². The van der Waals surface area contributed by atoms with E-state index < -0.39 is 29.4 Å². The molecule has 0 spiro atoms. The second-order valence-electron chi connectivity index (χ2n) is 11.2. The van der Waals surface area contributed by atoms with Crippen LogP contribution in [0.2, 0.25) is 0 Å². The molecule has 4 atom stereocenters.